The fourth-order valence-electron chi connectivity index (χ4n) is 1.69. The molecule has 0 fully saturated rings. The number of carbonyl (C=O) groups excluding carboxylic acids is 1. The van der Waals surface area contributed by atoms with Gasteiger partial charge in [0.1, 0.15) is 5.75 Å². The molecule has 0 aliphatic carbocycles. The number of halogens is 1. The predicted octanol–water partition coefficient (Wildman–Crippen LogP) is 2.41. The Morgan fingerprint density at radius 3 is 2.70 bits per heavy atom. The highest BCUT2D eigenvalue weighted by molar-refractivity contribution is 6.31. The van der Waals surface area contributed by atoms with Crippen molar-refractivity contribution in [1.82, 2.24) is 5.32 Å². The monoisotopic (exact) mass is 299 g/mol. The second kappa shape index (κ2) is 8.12. The molecule has 0 saturated heterocycles. The molecule has 2 N–H and O–H groups in total. The number of hydrogen-bond acceptors (Lipinski definition) is 3. The van der Waals surface area contributed by atoms with E-state index in [1.165, 1.54) is 0 Å². The highest BCUT2D eigenvalue weighted by Gasteiger charge is 2.13. The molecule has 20 heavy (non-hydrogen) atoms. The van der Waals surface area contributed by atoms with E-state index in [1.54, 1.807) is 13.2 Å². The van der Waals surface area contributed by atoms with Crippen LogP contribution in [0.3, 0.4) is 0 Å². The second-order valence-electron chi connectivity index (χ2n) is 5.07. The van der Waals surface area contributed by atoms with Gasteiger partial charge in [-0.15, -0.1) is 0 Å². The topological polar surface area (TPSA) is 58.6 Å². The summed E-state index contributed by atoms with van der Waals surface area (Å²) in [6.07, 6.45) is 0.181. The van der Waals surface area contributed by atoms with E-state index < -0.39 is 6.10 Å². The molecule has 1 unspecified atom stereocenters. The van der Waals surface area contributed by atoms with Gasteiger partial charge < -0.3 is 15.2 Å². The first-order chi connectivity index (χ1) is 9.43. The van der Waals surface area contributed by atoms with Gasteiger partial charge in [0.15, 0.2) is 0 Å². The lowest BCUT2D eigenvalue weighted by Gasteiger charge is -2.14. The van der Waals surface area contributed by atoms with E-state index in [9.17, 15) is 9.90 Å². The van der Waals surface area contributed by atoms with Gasteiger partial charge in [-0.25, -0.2) is 0 Å². The predicted molar refractivity (Wildman–Crippen MR) is 80.2 cm³/mol. The van der Waals surface area contributed by atoms with Crippen molar-refractivity contribution in [3.05, 3.63) is 28.8 Å². The van der Waals surface area contributed by atoms with Crippen LogP contribution in [0, 0.1) is 5.92 Å². The molecule has 1 rings (SSSR count). The van der Waals surface area contributed by atoms with Crippen molar-refractivity contribution in [3.8, 4) is 5.75 Å². The summed E-state index contributed by atoms with van der Waals surface area (Å²) in [5, 5.41) is 13.0. The number of methoxy groups -OCH3 is 1. The lowest BCUT2D eigenvalue weighted by Crippen LogP contribution is -2.30. The molecule has 0 aromatic heterocycles. The van der Waals surface area contributed by atoms with Crippen molar-refractivity contribution in [2.45, 2.75) is 32.8 Å². The molecular formula is C15H22ClNO3. The molecule has 0 heterocycles. The molecule has 112 valence electrons. The van der Waals surface area contributed by atoms with Crippen LogP contribution < -0.4 is 10.1 Å². The van der Waals surface area contributed by atoms with Crippen molar-refractivity contribution >= 4 is 17.5 Å². The van der Waals surface area contributed by atoms with E-state index >= 15 is 0 Å². The summed E-state index contributed by atoms with van der Waals surface area (Å²) < 4.78 is 5.08. The largest absolute Gasteiger partial charge is 0.497 e. The minimum absolute atomic E-state index is 0.0804. The van der Waals surface area contributed by atoms with Gasteiger partial charge in [-0.3, -0.25) is 4.79 Å². The van der Waals surface area contributed by atoms with Crippen molar-refractivity contribution in [1.29, 1.82) is 0 Å². The maximum absolute atomic E-state index is 11.6. The molecular weight excluding hydrogens is 278 g/mol. The van der Waals surface area contributed by atoms with Gasteiger partial charge in [0, 0.05) is 11.6 Å². The third-order valence-corrected chi connectivity index (χ3v) is 3.49. The first-order valence-electron chi connectivity index (χ1n) is 6.71. The van der Waals surface area contributed by atoms with Gasteiger partial charge >= 0.3 is 0 Å². The third kappa shape index (κ3) is 5.39. The first-order valence-corrected chi connectivity index (χ1v) is 7.09. The lowest BCUT2D eigenvalue weighted by atomic mass is 10.0. The number of rotatable bonds is 7. The Balaban J connectivity index is 2.39. The van der Waals surface area contributed by atoms with Gasteiger partial charge in [0.25, 0.3) is 0 Å². The Kier molecular flexibility index (Phi) is 6.82. The molecule has 1 atom stereocenters. The lowest BCUT2D eigenvalue weighted by molar-refractivity contribution is -0.123. The van der Waals surface area contributed by atoms with Crippen LogP contribution in [-0.2, 0) is 11.2 Å². The first kappa shape index (κ1) is 16.8. The zero-order chi connectivity index (χ0) is 15.1. The third-order valence-electron chi connectivity index (χ3n) is 3.14. The molecule has 5 heteroatoms. The van der Waals surface area contributed by atoms with Crippen LogP contribution in [0.5, 0.6) is 5.75 Å². The van der Waals surface area contributed by atoms with Crippen molar-refractivity contribution < 1.29 is 14.6 Å². The minimum atomic E-state index is -0.598. The van der Waals surface area contributed by atoms with Gasteiger partial charge in [-0.2, -0.15) is 0 Å². The molecule has 4 nitrogen and oxygen atoms in total. The fraction of sp³-hybridized carbons (Fsp3) is 0.533. The average molecular weight is 300 g/mol. The van der Waals surface area contributed by atoms with Crippen LogP contribution in [-0.4, -0.2) is 30.8 Å². The van der Waals surface area contributed by atoms with E-state index in [0.29, 0.717) is 23.7 Å². The zero-order valence-electron chi connectivity index (χ0n) is 12.1. The number of aliphatic hydroxyl groups excluding tert-OH is 1. The van der Waals surface area contributed by atoms with Gasteiger partial charge in [0.05, 0.1) is 19.6 Å². The van der Waals surface area contributed by atoms with Crippen molar-refractivity contribution in [2.24, 2.45) is 5.92 Å². The van der Waals surface area contributed by atoms with Crippen LogP contribution in [0.4, 0.5) is 0 Å². The van der Waals surface area contributed by atoms with Crippen molar-refractivity contribution in [2.75, 3.05) is 13.7 Å². The number of nitrogens with one attached hydrogen (secondary N) is 1. The standard InChI is InChI=1S/C15H22ClNO3/c1-10(2)14(18)9-15(19)17-7-6-11-4-5-12(20-3)8-13(11)16/h4-5,8,10,14,18H,6-7,9H2,1-3H3,(H,17,19). The Hall–Kier alpha value is -1.26. The Labute approximate surface area is 125 Å². The van der Waals surface area contributed by atoms with E-state index in [-0.39, 0.29) is 18.2 Å². The SMILES string of the molecule is COc1ccc(CCNC(=O)CC(O)C(C)C)c(Cl)c1. The van der Waals surface area contributed by atoms with Crippen molar-refractivity contribution in [3.63, 3.8) is 0 Å². The van der Waals surface area contributed by atoms with E-state index in [1.807, 2.05) is 26.0 Å². The summed E-state index contributed by atoms with van der Waals surface area (Å²) in [5.74, 6) is 0.649. The summed E-state index contributed by atoms with van der Waals surface area (Å²) >= 11 is 6.12. The molecule has 1 aromatic carbocycles. The molecule has 1 amide bonds. The number of ether oxygens (including phenoxy) is 1. The number of amides is 1. The second-order valence-corrected chi connectivity index (χ2v) is 5.48. The quantitative estimate of drug-likeness (QED) is 0.813. The van der Waals surface area contributed by atoms with Crippen LogP contribution in [0.25, 0.3) is 0 Å². The van der Waals surface area contributed by atoms with Crippen LogP contribution in [0.2, 0.25) is 5.02 Å². The Bertz CT molecular complexity index is 449. The normalized spacial score (nSPS) is 12.3. The Morgan fingerprint density at radius 2 is 2.15 bits per heavy atom. The maximum atomic E-state index is 11.6. The molecule has 1 aromatic rings. The Morgan fingerprint density at radius 1 is 1.45 bits per heavy atom. The molecule has 0 radical (unpaired) electrons. The number of benzene rings is 1. The summed E-state index contributed by atoms with van der Waals surface area (Å²) in [4.78, 5) is 11.6. The highest BCUT2D eigenvalue weighted by atomic mass is 35.5. The fourth-order valence-corrected chi connectivity index (χ4v) is 1.96. The molecule has 0 saturated carbocycles. The smallest absolute Gasteiger partial charge is 0.222 e. The van der Waals surface area contributed by atoms with Gasteiger partial charge in [-0.05, 0) is 30.0 Å². The molecule has 0 spiro atoms. The van der Waals surface area contributed by atoms with E-state index in [2.05, 4.69) is 5.32 Å². The van der Waals surface area contributed by atoms with E-state index in [4.69, 9.17) is 16.3 Å². The summed E-state index contributed by atoms with van der Waals surface area (Å²) in [6.45, 7) is 4.26. The number of hydrogen-bond donors (Lipinski definition) is 2. The summed E-state index contributed by atoms with van der Waals surface area (Å²) in [6, 6.07) is 5.48. The number of carbonyl (C=O) groups is 1. The van der Waals surface area contributed by atoms with Crippen LogP contribution >= 0.6 is 11.6 Å². The van der Waals surface area contributed by atoms with Gasteiger partial charge in [0.2, 0.25) is 5.91 Å². The number of aliphatic hydroxyl groups is 1. The summed E-state index contributed by atoms with van der Waals surface area (Å²) in [5.41, 5.74) is 0.956. The van der Waals surface area contributed by atoms with Crippen LogP contribution in [0.15, 0.2) is 18.2 Å². The van der Waals surface area contributed by atoms with Crippen LogP contribution in [0.1, 0.15) is 25.8 Å². The van der Waals surface area contributed by atoms with E-state index in [0.717, 1.165) is 5.56 Å². The zero-order valence-corrected chi connectivity index (χ0v) is 12.9. The molecule has 0 aliphatic rings. The summed E-state index contributed by atoms with van der Waals surface area (Å²) in [7, 11) is 1.59. The maximum Gasteiger partial charge on any atom is 0.222 e. The average Bonchev–Trinajstić information content (AvgIpc) is 2.40. The molecule has 0 bridgehead atoms. The molecule has 0 aliphatic heterocycles. The minimum Gasteiger partial charge on any atom is -0.497 e. The van der Waals surface area contributed by atoms with Gasteiger partial charge in [-0.1, -0.05) is 31.5 Å². The highest BCUT2D eigenvalue weighted by Crippen LogP contribution is 2.22.